The first kappa shape index (κ1) is 5.64. The molecule has 5 saturated carbocycles. The topological polar surface area (TPSA) is 20.2 Å². The van der Waals surface area contributed by atoms with Crippen LogP contribution in [-0.2, 0) is 0 Å². The molecule has 5 fully saturated rings. The zero-order valence-electron chi connectivity index (χ0n) is 7.06. The maximum absolute atomic E-state index is 10.1. The van der Waals surface area contributed by atoms with Gasteiger partial charge in [-0.2, -0.15) is 0 Å². The van der Waals surface area contributed by atoms with Gasteiger partial charge in [-0.25, -0.2) is 0 Å². The van der Waals surface area contributed by atoms with Gasteiger partial charge in [-0.1, -0.05) is 0 Å². The lowest BCUT2D eigenvalue weighted by Crippen LogP contribution is -2.45. The molecule has 5 aliphatic carbocycles. The Balaban J connectivity index is 1.86. The summed E-state index contributed by atoms with van der Waals surface area (Å²) in [5, 5.41) is 10.1. The van der Waals surface area contributed by atoms with Crippen LogP contribution in [0.25, 0.3) is 0 Å². The van der Waals surface area contributed by atoms with Gasteiger partial charge >= 0.3 is 0 Å². The maximum atomic E-state index is 10.1. The Morgan fingerprint density at radius 2 is 1.33 bits per heavy atom. The maximum Gasteiger partial charge on any atom is 0.0607 e. The molecule has 0 aromatic heterocycles. The standard InChI is InChI=1S/C11H14O/c12-11-8-4-2-5-7-3(4)1-6(8)9(7)10(5)11/h3-12H,1-2H2/t3-,4?,5?,6+,7?,8?,9?,10?,11-/m1/s1. The molecule has 6 unspecified atom stereocenters. The lowest BCUT2D eigenvalue weighted by atomic mass is 9.59. The summed E-state index contributed by atoms with van der Waals surface area (Å²) in [4.78, 5) is 0. The highest BCUT2D eigenvalue weighted by Gasteiger charge is 2.80. The van der Waals surface area contributed by atoms with Crippen molar-refractivity contribution in [3.8, 4) is 0 Å². The lowest BCUT2D eigenvalue weighted by molar-refractivity contribution is -0.0494. The van der Waals surface area contributed by atoms with Gasteiger partial charge in [0.25, 0.3) is 0 Å². The van der Waals surface area contributed by atoms with Crippen molar-refractivity contribution in [3.63, 3.8) is 0 Å². The Morgan fingerprint density at radius 1 is 0.667 bits per heavy atom. The van der Waals surface area contributed by atoms with Crippen LogP contribution in [0, 0.1) is 47.3 Å². The minimum absolute atomic E-state index is 0.146. The summed E-state index contributed by atoms with van der Waals surface area (Å²) in [6.45, 7) is 0. The second-order valence-corrected chi connectivity index (χ2v) is 5.93. The molecular weight excluding hydrogens is 148 g/mol. The molecule has 12 heavy (non-hydrogen) atoms. The number of aliphatic hydroxyl groups is 1. The molecule has 0 aliphatic heterocycles. The first-order valence-electron chi connectivity index (χ1n) is 5.56. The Labute approximate surface area is 72.2 Å². The molecular formula is C11H14O. The SMILES string of the molecule is O[C@H]1C2C3CC4C1[C@@H]1C[C@H]4C3C21. The van der Waals surface area contributed by atoms with Crippen molar-refractivity contribution >= 4 is 0 Å². The first-order valence-corrected chi connectivity index (χ1v) is 5.56. The summed E-state index contributed by atoms with van der Waals surface area (Å²) < 4.78 is 0. The van der Waals surface area contributed by atoms with E-state index >= 15 is 0 Å². The Hall–Kier alpha value is -0.0400. The highest BCUT2D eigenvalue weighted by atomic mass is 16.3. The number of fused-ring (bicyclic) bond motifs is 2. The van der Waals surface area contributed by atoms with Crippen molar-refractivity contribution < 1.29 is 5.11 Å². The number of hydrogen-bond acceptors (Lipinski definition) is 1. The van der Waals surface area contributed by atoms with E-state index in [1.54, 1.807) is 0 Å². The molecule has 0 aromatic rings. The van der Waals surface area contributed by atoms with Gasteiger partial charge in [0.2, 0.25) is 0 Å². The van der Waals surface area contributed by atoms with E-state index < -0.39 is 0 Å². The molecule has 0 saturated heterocycles. The van der Waals surface area contributed by atoms with Crippen molar-refractivity contribution in [2.24, 2.45) is 47.3 Å². The van der Waals surface area contributed by atoms with E-state index in [-0.39, 0.29) is 6.10 Å². The Bertz CT molecular complexity index is 277. The number of aliphatic hydroxyl groups excluding tert-OH is 1. The largest absolute Gasteiger partial charge is 0.393 e. The molecule has 2 bridgehead atoms. The van der Waals surface area contributed by atoms with E-state index in [1.807, 2.05) is 0 Å². The molecule has 1 N–H and O–H groups in total. The second-order valence-electron chi connectivity index (χ2n) is 5.93. The molecule has 5 aliphatic rings. The predicted octanol–water partition coefficient (Wildman–Crippen LogP) is 1.13. The highest BCUT2D eigenvalue weighted by molar-refractivity contribution is 5.27. The zero-order chi connectivity index (χ0) is 7.61. The monoisotopic (exact) mass is 162 g/mol. The van der Waals surface area contributed by atoms with Gasteiger partial charge in [0.15, 0.2) is 0 Å². The smallest absolute Gasteiger partial charge is 0.0607 e. The van der Waals surface area contributed by atoms with Gasteiger partial charge in [0, 0.05) is 0 Å². The molecule has 0 heterocycles. The zero-order valence-corrected chi connectivity index (χ0v) is 7.06. The average molecular weight is 162 g/mol. The summed E-state index contributed by atoms with van der Waals surface area (Å²) in [5.41, 5.74) is 0. The summed E-state index contributed by atoms with van der Waals surface area (Å²) in [6.07, 6.45) is 3.16. The quantitative estimate of drug-likeness (QED) is 0.566. The van der Waals surface area contributed by atoms with Gasteiger partial charge in [-0.3, -0.25) is 0 Å². The van der Waals surface area contributed by atoms with Crippen LogP contribution in [0.5, 0.6) is 0 Å². The van der Waals surface area contributed by atoms with Crippen LogP contribution in [0.15, 0.2) is 0 Å². The van der Waals surface area contributed by atoms with Crippen LogP contribution < -0.4 is 0 Å². The van der Waals surface area contributed by atoms with E-state index in [1.165, 1.54) is 12.8 Å². The molecule has 0 spiro atoms. The fraction of sp³-hybridized carbons (Fsp3) is 1.00. The molecule has 5 rings (SSSR count). The number of rotatable bonds is 0. The van der Waals surface area contributed by atoms with Gasteiger partial charge < -0.3 is 5.11 Å². The number of hydrogen-bond donors (Lipinski definition) is 1. The third-order valence-electron chi connectivity index (χ3n) is 6.28. The molecule has 0 radical (unpaired) electrons. The fourth-order valence-electron chi connectivity index (χ4n) is 6.42. The van der Waals surface area contributed by atoms with E-state index in [0.29, 0.717) is 0 Å². The fourth-order valence-corrected chi connectivity index (χ4v) is 6.42. The third kappa shape index (κ3) is 0.296. The second kappa shape index (κ2) is 1.30. The van der Waals surface area contributed by atoms with Crippen molar-refractivity contribution in [1.82, 2.24) is 0 Å². The molecule has 1 heteroatoms. The first-order chi connectivity index (χ1) is 5.88. The normalized spacial score (nSPS) is 85.2. The van der Waals surface area contributed by atoms with Crippen LogP contribution in [0.2, 0.25) is 0 Å². The minimum Gasteiger partial charge on any atom is -0.393 e. The summed E-state index contributed by atoms with van der Waals surface area (Å²) >= 11 is 0. The molecule has 0 amide bonds. The molecule has 9 atom stereocenters. The molecule has 0 aromatic carbocycles. The van der Waals surface area contributed by atoms with Crippen molar-refractivity contribution in [1.29, 1.82) is 0 Å². The summed E-state index contributed by atoms with van der Waals surface area (Å²) in [7, 11) is 0. The lowest BCUT2D eigenvalue weighted by Gasteiger charge is -2.46. The third-order valence-corrected chi connectivity index (χ3v) is 6.28. The van der Waals surface area contributed by atoms with Crippen molar-refractivity contribution in [3.05, 3.63) is 0 Å². The highest BCUT2D eigenvalue weighted by Crippen LogP contribution is 2.82. The summed E-state index contributed by atoms with van der Waals surface area (Å²) in [5.74, 6) is 7.73. The van der Waals surface area contributed by atoms with Crippen molar-refractivity contribution in [2.45, 2.75) is 18.9 Å². The summed E-state index contributed by atoms with van der Waals surface area (Å²) in [6, 6.07) is 0. The Kier molecular flexibility index (Phi) is 0.609. The van der Waals surface area contributed by atoms with Gasteiger partial charge in [0.05, 0.1) is 6.10 Å². The Morgan fingerprint density at radius 3 is 2.17 bits per heavy atom. The van der Waals surface area contributed by atoms with Crippen LogP contribution in [0.1, 0.15) is 12.8 Å². The van der Waals surface area contributed by atoms with Crippen LogP contribution >= 0.6 is 0 Å². The van der Waals surface area contributed by atoms with Gasteiger partial charge in [0.1, 0.15) is 0 Å². The predicted molar refractivity (Wildman–Crippen MR) is 43.2 cm³/mol. The van der Waals surface area contributed by atoms with E-state index in [4.69, 9.17) is 0 Å². The van der Waals surface area contributed by atoms with Crippen LogP contribution in [0.3, 0.4) is 0 Å². The van der Waals surface area contributed by atoms with Crippen molar-refractivity contribution in [2.75, 3.05) is 0 Å². The van der Waals surface area contributed by atoms with Gasteiger partial charge in [-0.05, 0) is 60.2 Å². The van der Waals surface area contributed by atoms with E-state index in [2.05, 4.69) is 0 Å². The van der Waals surface area contributed by atoms with Gasteiger partial charge in [-0.15, -0.1) is 0 Å². The minimum atomic E-state index is 0.146. The van der Waals surface area contributed by atoms with Crippen LogP contribution in [-0.4, -0.2) is 11.2 Å². The molecule has 64 valence electrons. The van der Waals surface area contributed by atoms with Crippen LogP contribution in [0.4, 0.5) is 0 Å². The van der Waals surface area contributed by atoms with E-state index in [9.17, 15) is 5.11 Å². The average Bonchev–Trinajstić information content (AvgIpc) is 2.47. The van der Waals surface area contributed by atoms with E-state index in [0.717, 1.165) is 47.3 Å². The molecule has 1 nitrogen and oxygen atoms in total.